The Morgan fingerprint density at radius 2 is 2.16 bits per heavy atom. The predicted octanol–water partition coefficient (Wildman–Crippen LogP) is 3.49. The van der Waals surface area contributed by atoms with Crippen molar-refractivity contribution in [2.45, 2.75) is 33.1 Å². The number of hydrogen-bond donors (Lipinski definition) is 2. The van der Waals surface area contributed by atoms with Crippen molar-refractivity contribution < 1.29 is 14.3 Å². The lowest BCUT2D eigenvalue weighted by atomic mass is 9.76. The summed E-state index contributed by atoms with van der Waals surface area (Å²) in [7, 11) is 1.72. The van der Waals surface area contributed by atoms with E-state index in [0.717, 1.165) is 47.2 Å². The van der Waals surface area contributed by atoms with Crippen LogP contribution >= 0.6 is 0 Å². The molecule has 2 amide bonds. The molecule has 5 rings (SSSR count). The van der Waals surface area contributed by atoms with Crippen molar-refractivity contribution in [1.29, 1.82) is 0 Å². The minimum Gasteiger partial charge on any atom is -0.448 e. The topological polar surface area (TPSA) is 94.3 Å². The molecule has 3 heterocycles. The monoisotopic (exact) mass is 421 g/mol. The number of carbonyl (C=O) groups excluding carboxylic acids is 2. The molecule has 0 bridgehead atoms. The van der Waals surface area contributed by atoms with Gasteiger partial charge in [-0.15, -0.1) is 0 Å². The van der Waals surface area contributed by atoms with Gasteiger partial charge in [-0.1, -0.05) is 19.9 Å². The summed E-state index contributed by atoms with van der Waals surface area (Å²) in [4.78, 5) is 30.7. The number of hydrogen-bond acceptors (Lipinski definition) is 4. The van der Waals surface area contributed by atoms with Gasteiger partial charge in [-0.2, -0.15) is 5.10 Å². The van der Waals surface area contributed by atoms with Crippen LogP contribution in [-0.4, -0.2) is 58.8 Å². The molecule has 162 valence electrons. The summed E-state index contributed by atoms with van der Waals surface area (Å²) in [5.41, 5.74) is 6.52. The third kappa shape index (κ3) is 3.56. The Balaban J connectivity index is 1.39. The highest BCUT2D eigenvalue weighted by atomic mass is 16.6. The molecule has 2 aromatic heterocycles. The number of nitrogens with zero attached hydrogens (tertiary/aromatic N) is 3. The van der Waals surface area contributed by atoms with Crippen LogP contribution in [0.25, 0.3) is 22.3 Å². The van der Waals surface area contributed by atoms with Gasteiger partial charge in [0, 0.05) is 34.9 Å². The highest BCUT2D eigenvalue weighted by Crippen LogP contribution is 2.38. The molecule has 3 aromatic rings. The summed E-state index contributed by atoms with van der Waals surface area (Å²) >= 11 is 0. The minimum absolute atomic E-state index is 0.0130. The second-order valence-corrected chi connectivity index (χ2v) is 9.31. The summed E-state index contributed by atoms with van der Waals surface area (Å²) in [6, 6.07) is 7.99. The number of aromatic amines is 2. The summed E-state index contributed by atoms with van der Waals surface area (Å²) in [5, 5.41) is 8.92. The average molecular weight is 422 g/mol. The van der Waals surface area contributed by atoms with E-state index >= 15 is 0 Å². The second-order valence-electron chi connectivity index (χ2n) is 9.31. The van der Waals surface area contributed by atoms with E-state index in [1.165, 1.54) is 16.2 Å². The SMILES string of the molecule is CN(C(=O)CN1CCOC1=O)c1ccc2cc(-c3n[nH]c4c3CCC(C)(C)C4)[nH]c2c1. The van der Waals surface area contributed by atoms with Crippen LogP contribution < -0.4 is 4.90 Å². The minimum atomic E-state index is -0.433. The Hall–Kier alpha value is -3.29. The number of H-pyrrole nitrogens is 2. The van der Waals surface area contributed by atoms with E-state index in [4.69, 9.17) is 4.74 Å². The Bertz CT molecular complexity index is 1180. The van der Waals surface area contributed by atoms with Crippen LogP contribution in [0.1, 0.15) is 31.5 Å². The molecule has 2 aliphatic rings. The molecular formula is C23H27N5O3. The summed E-state index contributed by atoms with van der Waals surface area (Å²) in [6.07, 6.45) is 2.74. The molecule has 8 heteroatoms. The van der Waals surface area contributed by atoms with Crippen LogP contribution in [-0.2, 0) is 22.4 Å². The molecule has 1 aliphatic carbocycles. The number of fused-ring (bicyclic) bond motifs is 2. The van der Waals surface area contributed by atoms with Crippen molar-refractivity contribution in [3.63, 3.8) is 0 Å². The molecule has 0 unspecified atom stereocenters. The first-order chi connectivity index (χ1) is 14.8. The first-order valence-corrected chi connectivity index (χ1v) is 10.7. The zero-order chi connectivity index (χ0) is 21.8. The van der Waals surface area contributed by atoms with Gasteiger partial charge >= 0.3 is 6.09 Å². The predicted molar refractivity (Wildman–Crippen MR) is 118 cm³/mol. The number of cyclic esters (lactones) is 1. The molecule has 0 radical (unpaired) electrons. The van der Waals surface area contributed by atoms with Crippen LogP contribution in [0.4, 0.5) is 10.5 Å². The number of ether oxygens (including phenoxy) is 1. The molecule has 0 saturated carbocycles. The number of anilines is 1. The van der Waals surface area contributed by atoms with Crippen LogP contribution in [0.2, 0.25) is 0 Å². The number of likely N-dealkylation sites (N-methyl/N-ethyl adjacent to an activating group) is 1. The fraction of sp³-hybridized carbons (Fsp3) is 0.435. The van der Waals surface area contributed by atoms with Gasteiger partial charge < -0.3 is 14.6 Å². The maximum atomic E-state index is 12.6. The smallest absolute Gasteiger partial charge is 0.410 e. The third-order valence-corrected chi connectivity index (χ3v) is 6.45. The first-order valence-electron chi connectivity index (χ1n) is 10.7. The van der Waals surface area contributed by atoms with Gasteiger partial charge in [0.15, 0.2) is 0 Å². The molecule has 31 heavy (non-hydrogen) atoms. The van der Waals surface area contributed by atoms with E-state index in [1.54, 1.807) is 11.9 Å². The molecule has 1 fully saturated rings. The maximum Gasteiger partial charge on any atom is 0.410 e. The van der Waals surface area contributed by atoms with Gasteiger partial charge in [-0.3, -0.25) is 14.8 Å². The van der Waals surface area contributed by atoms with Crippen LogP contribution in [0.15, 0.2) is 24.3 Å². The molecule has 0 atom stereocenters. The van der Waals surface area contributed by atoms with E-state index in [-0.39, 0.29) is 12.5 Å². The molecule has 8 nitrogen and oxygen atoms in total. The molecule has 2 N–H and O–H groups in total. The number of benzene rings is 1. The third-order valence-electron chi connectivity index (χ3n) is 6.45. The zero-order valence-corrected chi connectivity index (χ0v) is 18.1. The van der Waals surface area contributed by atoms with E-state index in [0.29, 0.717) is 18.6 Å². The van der Waals surface area contributed by atoms with Crippen molar-refractivity contribution in [3.05, 3.63) is 35.5 Å². The van der Waals surface area contributed by atoms with Gasteiger partial charge in [-0.05, 0) is 42.9 Å². The largest absolute Gasteiger partial charge is 0.448 e. The van der Waals surface area contributed by atoms with Crippen molar-refractivity contribution in [2.75, 3.05) is 31.6 Å². The summed E-state index contributed by atoms with van der Waals surface area (Å²) in [5.74, 6) is -0.158. The number of nitrogens with one attached hydrogen (secondary N) is 2. The highest BCUT2D eigenvalue weighted by Gasteiger charge is 2.29. The van der Waals surface area contributed by atoms with Crippen LogP contribution in [0, 0.1) is 5.41 Å². The van der Waals surface area contributed by atoms with Gasteiger partial charge in [0.2, 0.25) is 5.91 Å². The van der Waals surface area contributed by atoms with Crippen molar-refractivity contribution in [1.82, 2.24) is 20.1 Å². The quantitative estimate of drug-likeness (QED) is 0.674. The summed E-state index contributed by atoms with van der Waals surface area (Å²) in [6.45, 7) is 5.39. The second kappa shape index (κ2) is 7.14. The summed E-state index contributed by atoms with van der Waals surface area (Å²) < 4.78 is 4.90. The maximum absolute atomic E-state index is 12.6. The number of aromatic nitrogens is 3. The molecule has 1 saturated heterocycles. The zero-order valence-electron chi connectivity index (χ0n) is 18.1. The lowest BCUT2D eigenvalue weighted by molar-refractivity contribution is -0.118. The number of rotatable bonds is 4. The fourth-order valence-electron chi connectivity index (χ4n) is 4.50. The normalized spacial score (nSPS) is 17.6. The van der Waals surface area contributed by atoms with Crippen molar-refractivity contribution >= 4 is 28.6 Å². The van der Waals surface area contributed by atoms with Crippen LogP contribution in [0.5, 0.6) is 0 Å². The Labute approximate surface area is 180 Å². The molecule has 1 aromatic carbocycles. The van der Waals surface area contributed by atoms with Crippen molar-refractivity contribution in [3.8, 4) is 11.4 Å². The lowest BCUT2D eigenvalue weighted by Gasteiger charge is -2.28. The standard InChI is InChI=1S/C23H27N5O3/c1-23(2)7-6-16-19(12-23)25-26-21(16)18-10-14-4-5-15(11-17(14)24-18)27(3)20(29)13-28-8-9-31-22(28)30/h4-5,10-11,24H,6-9,12-13H2,1-3H3,(H,25,26). The van der Waals surface area contributed by atoms with Gasteiger partial charge in [0.05, 0.1) is 12.2 Å². The fourth-order valence-corrected chi connectivity index (χ4v) is 4.50. The van der Waals surface area contributed by atoms with E-state index in [9.17, 15) is 9.59 Å². The number of amides is 2. The van der Waals surface area contributed by atoms with E-state index in [1.807, 2.05) is 18.2 Å². The number of carbonyl (C=O) groups is 2. The lowest BCUT2D eigenvalue weighted by Crippen LogP contribution is -2.38. The molecule has 1 aliphatic heterocycles. The Morgan fingerprint density at radius 1 is 1.32 bits per heavy atom. The van der Waals surface area contributed by atoms with Crippen molar-refractivity contribution in [2.24, 2.45) is 5.41 Å². The molecular weight excluding hydrogens is 394 g/mol. The van der Waals surface area contributed by atoms with E-state index in [2.05, 4.69) is 35.1 Å². The van der Waals surface area contributed by atoms with Gasteiger partial charge in [0.25, 0.3) is 0 Å². The highest BCUT2D eigenvalue weighted by molar-refractivity contribution is 5.98. The average Bonchev–Trinajstić information content (AvgIpc) is 3.44. The molecule has 0 spiro atoms. The van der Waals surface area contributed by atoms with E-state index < -0.39 is 6.09 Å². The Kier molecular flexibility index (Phi) is 4.53. The van der Waals surface area contributed by atoms with Crippen LogP contribution in [0.3, 0.4) is 0 Å². The Morgan fingerprint density at radius 3 is 2.94 bits per heavy atom. The first kappa shape index (κ1) is 19.7. The van der Waals surface area contributed by atoms with Gasteiger partial charge in [0.1, 0.15) is 18.8 Å². The van der Waals surface area contributed by atoms with Gasteiger partial charge in [-0.25, -0.2) is 4.79 Å².